The molecule has 1 atom stereocenters. The van der Waals surface area contributed by atoms with Gasteiger partial charge in [-0.2, -0.15) is 13.2 Å². The van der Waals surface area contributed by atoms with Gasteiger partial charge in [-0.25, -0.2) is 4.39 Å². The van der Waals surface area contributed by atoms with Crippen molar-refractivity contribution in [1.82, 2.24) is 0 Å². The number of hydrogen-bond acceptors (Lipinski definition) is 4. The van der Waals surface area contributed by atoms with Gasteiger partial charge in [-0.15, -0.1) is 0 Å². The van der Waals surface area contributed by atoms with Crippen molar-refractivity contribution < 1.29 is 36.6 Å². The molecule has 1 aliphatic heterocycles. The average Bonchev–Trinajstić information content (AvgIpc) is 2.46. The summed E-state index contributed by atoms with van der Waals surface area (Å²) in [4.78, 5) is 24.8. The number of carbonyl (C=O) groups is 2. The molecule has 1 aromatic rings. The number of rotatable bonds is 3. The van der Waals surface area contributed by atoms with Crippen molar-refractivity contribution in [3.05, 3.63) is 35.1 Å². The Balaban J connectivity index is 2.46. The van der Waals surface area contributed by atoms with Crippen molar-refractivity contribution in [3.63, 3.8) is 0 Å². The molecule has 0 spiro atoms. The van der Waals surface area contributed by atoms with Gasteiger partial charge in [0, 0.05) is 12.2 Å². The molecule has 0 amide bonds. The Morgan fingerprint density at radius 2 is 1.92 bits per heavy atom. The Morgan fingerprint density at radius 1 is 1.27 bits per heavy atom. The Labute approximate surface area is 148 Å². The highest BCUT2D eigenvalue weighted by atomic mass is 19.4. The third kappa shape index (κ3) is 4.41. The van der Waals surface area contributed by atoms with Crippen LogP contribution in [-0.2, 0) is 30.7 Å². The maximum atomic E-state index is 14.5. The minimum Gasteiger partial charge on any atom is -0.460 e. The number of carbonyl (C=O) groups excluding carboxylic acids is 2. The molecular formula is C18H20F4O4. The van der Waals surface area contributed by atoms with Crippen LogP contribution < -0.4 is 0 Å². The van der Waals surface area contributed by atoms with Gasteiger partial charge in [-0.05, 0) is 39.3 Å². The third-order valence-electron chi connectivity index (χ3n) is 4.12. The normalized spacial score (nSPS) is 21.6. The van der Waals surface area contributed by atoms with Crippen LogP contribution in [-0.4, -0.2) is 30.6 Å². The number of alkyl halides is 3. The fourth-order valence-corrected chi connectivity index (χ4v) is 2.96. The lowest BCUT2D eigenvalue weighted by Gasteiger charge is -2.36. The zero-order valence-corrected chi connectivity index (χ0v) is 14.7. The molecule has 1 saturated heterocycles. The van der Waals surface area contributed by atoms with E-state index in [-0.39, 0.29) is 25.2 Å². The molecule has 4 nitrogen and oxygen atoms in total. The summed E-state index contributed by atoms with van der Waals surface area (Å²) in [5.41, 5.74) is -3.82. The monoisotopic (exact) mass is 376 g/mol. The van der Waals surface area contributed by atoms with E-state index in [4.69, 9.17) is 9.47 Å². The number of ketones is 1. The van der Waals surface area contributed by atoms with Gasteiger partial charge < -0.3 is 9.47 Å². The quantitative estimate of drug-likeness (QED) is 0.595. The Hall–Kier alpha value is -1.96. The molecular weight excluding hydrogens is 356 g/mol. The Morgan fingerprint density at radius 3 is 2.42 bits per heavy atom. The number of benzene rings is 1. The molecule has 1 fully saturated rings. The van der Waals surface area contributed by atoms with Crippen LogP contribution >= 0.6 is 0 Å². The van der Waals surface area contributed by atoms with E-state index in [1.165, 1.54) is 0 Å². The smallest absolute Gasteiger partial charge is 0.416 e. The van der Waals surface area contributed by atoms with E-state index in [0.717, 1.165) is 6.07 Å². The molecule has 0 bridgehead atoms. The number of hydrogen-bond donors (Lipinski definition) is 0. The van der Waals surface area contributed by atoms with Crippen molar-refractivity contribution in [3.8, 4) is 0 Å². The van der Waals surface area contributed by atoms with Crippen LogP contribution in [0.25, 0.3) is 0 Å². The summed E-state index contributed by atoms with van der Waals surface area (Å²) in [6.07, 6.45) is -5.19. The lowest BCUT2D eigenvalue weighted by Crippen LogP contribution is -2.46. The largest absolute Gasteiger partial charge is 0.460 e. The summed E-state index contributed by atoms with van der Waals surface area (Å²) in [6.45, 7) is 4.66. The molecule has 26 heavy (non-hydrogen) atoms. The second-order valence-electron chi connectivity index (χ2n) is 7.26. The van der Waals surface area contributed by atoms with Gasteiger partial charge in [0.25, 0.3) is 0 Å². The molecule has 0 saturated carbocycles. The molecule has 0 aliphatic carbocycles. The lowest BCUT2D eigenvalue weighted by molar-refractivity contribution is -0.160. The fourth-order valence-electron chi connectivity index (χ4n) is 2.96. The molecule has 8 heteroatoms. The van der Waals surface area contributed by atoms with Crippen molar-refractivity contribution in [1.29, 1.82) is 0 Å². The molecule has 1 heterocycles. The highest BCUT2D eigenvalue weighted by molar-refractivity contribution is 5.95. The summed E-state index contributed by atoms with van der Waals surface area (Å²) in [6, 6.07) is 1.97. The first-order chi connectivity index (χ1) is 11.8. The maximum Gasteiger partial charge on any atom is 0.416 e. The highest BCUT2D eigenvalue weighted by Gasteiger charge is 2.47. The van der Waals surface area contributed by atoms with E-state index in [2.05, 4.69) is 0 Å². The first-order valence-electron chi connectivity index (χ1n) is 8.05. The predicted molar refractivity (Wildman–Crippen MR) is 84.0 cm³/mol. The van der Waals surface area contributed by atoms with E-state index in [1.807, 2.05) is 0 Å². The lowest BCUT2D eigenvalue weighted by atomic mass is 9.70. The predicted octanol–water partition coefficient (Wildman–Crippen LogP) is 3.80. The van der Waals surface area contributed by atoms with Gasteiger partial charge in [0.05, 0.1) is 17.4 Å². The summed E-state index contributed by atoms with van der Waals surface area (Å²) >= 11 is 0. The van der Waals surface area contributed by atoms with E-state index in [9.17, 15) is 27.2 Å². The molecule has 0 aromatic heterocycles. The van der Waals surface area contributed by atoms with Crippen molar-refractivity contribution in [2.24, 2.45) is 0 Å². The zero-order chi connectivity index (χ0) is 19.8. The fraction of sp³-hybridized carbons (Fsp3) is 0.556. The second-order valence-corrected chi connectivity index (χ2v) is 7.26. The Kier molecular flexibility index (Phi) is 5.46. The summed E-state index contributed by atoms with van der Waals surface area (Å²) in [5.74, 6) is -2.47. The Bertz CT molecular complexity index is 706. The minimum absolute atomic E-state index is 0.0205. The van der Waals surface area contributed by atoms with Crippen LogP contribution in [0, 0.1) is 5.82 Å². The van der Waals surface area contributed by atoms with Gasteiger partial charge >= 0.3 is 12.1 Å². The molecule has 1 unspecified atom stereocenters. The first-order valence-corrected chi connectivity index (χ1v) is 8.05. The zero-order valence-electron chi connectivity index (χ0n) is 14.7. The van der Waals surface area contributed by atoms with E-state index in [0.29, 0.717) is 12.1 Å². The molecule has 1 aliphatic rings. The minimum atomic E-state index is -4.71. The molecule has 144 valence electrons. The first kappa shape index (κ1) is 20.4. The standard InChI is InChI=1S/C18H20F4O4/c1-16(2,3)26-15(24)9-17(6-7-25-10-14(17)23)12-5-4-11(8-13(12)19)18(20,21)22/h4-5,8H,6-7,9-10H2,1-3H3. The van der Waals surface area contributed by atoms with Crippen LogP contribution in [0.4, 0.5) is 17.6 Å². The highest BCUT2D eigenvalue weighted by Crippen LogP contribution is 2.40. The van der Waals surface area contributed by atoms with Crippen LogP contribution in [0.2, 0.25) is 0 Å². The van der Waals surface area contributed by atoms with Crippen molar-refractivity contribution in [2.75, 3.05) is 13.2 Å². The number of ether oxygens (including phenoxy) is 2. The summed E-state index contributed by atoms with van der Waals surface area (Å²) < 4.78 is 63.1. The van der Waals surface area contributed by atoms with Crippen LogP contribution in [0.3, 0.4) is 0 Å². The van der Waals surface area contributed by atoms with Crippen molar-refractivity contribution in [2.45, 2.75) is 50.8 Å². The summed E-state index contributed by atoms with van der Waals surface area (Å²) in [7, 11) is 0. The van der Waals surface area contributed by atoms with Crippen molar-refractivity contribution >= 4 is 11.8 Å². The van der Waals surface area contributed by atoms with Gasteiger partial charge in [0.1, 0.15) is 18.0 Å². The molecule has 0 N–H and O–H groups in total. The van der Waals surface area contributed by atoms with E-state index in [1.54, 1.807) is 20.8 Å². The second kappa shape index (κ2) is 6.98. The van der Waals surface area contributed by atoms with Crippen LogP contribution in [0.1, 0.15) is 44.7 Å². The third-order valence-corrected chi connectivity index (χ3v) is 4.12. The van der Waals surface area contributed by atoms with Crippen LogP contribution in [0.15, 0.2) is 18.2 Å². The maximum absolute atomic E-state index is 14.5. The van der Waals surface area contributed by atoms with Gasteiger partial charge in [-0.1, -0.05) is 6.07 Å². The van der Waals surface area contributed by atoms with E-state index < -0.39 is 46.7 Å². The van der Waals surface area contributed by atoms with Crippen LogP contribution in [0.5, 0.6) is 0 Å². The molecule has 1 aromatic carbocycles. The number of Topliss-reactive ketones (excluding diaryl/α,β-unsaturated/α-hetero) is 1. The number of halogens is 4. The topological polar surface area (TPSA) is 52.6 Å². The number of esters is 1. The van der Waals surface area contributed by atoms with Gasteiger partial charge in [0.2, 0.25) is 0 Å². The van der Waals surface area contributed by atoms with E-state index >= 15 is 0 Å². The summed E-state index contributed by atoms with van der Waals surface area (Å²) in [5, 5.41) is 0. The SMILES string of the molecule is CC(C)(C)OC(=O)CC1(c2ccc(C(F)(F)F)cc2F)CCOCC1=O. The molecule has 0 radical (unpaired) electrons. The van der Waals surface area contributed by atoms with Gasteiger partial charge in [-0.3, -0.25) is 9.59 Å². The van der Waals surface area contributed by atoms with Gasteiger partial charge in [0.15, 0.2) is 5.78 Å². The molecule has 2 rings (SSSR count). The average molecular weight is 376 g/mol.